The second-order valence-electron chi connectivity index (χ2n) is 4.15. The van der Waals surface area contributed by atoms with E-state index in [-0.39, 0.29) is 0 Å². The number of benzene rings is 1. The molecular weight excluding hydrogens is 238 g/mol. The van der Waals surface area contributed by atoms with E-state index in [1.807, 2.05) is 42.5 Å². The van der Waals surface area contributed by atoms with Crippen LogP contribution in [-0.2, 0) is 0 Å². The molecule has 0 radical (unpaired) electrons. The number of hydrogen-bond donors (Lipinski definition) is 2. The molecule has 0 saturated heterocycles. The molecule has 5 nitrogen and oxygen atoms in total. The topological polar surface area (TPSA) is 82.8 Å². The van der Waals surface area contributed by atoms with E-state index in [9.17, 15) is 0 Å². The molecule has 0 aliphatic heterocycles. The summed E-state index contributed by atoms with van der Waals surface area (Å²) in [6.07, 6.45) is 3.42. The maximum absolute atomic E-state index is 6.02. The summed E-state index contributed by atoms with van der Waals surface area (Å²) in [4.78, 5) is 8.59. The highest BCUT2D eigenvalue weighted by Crippen LogP contribution is 2.28. The molecule has 0 amide bonds. The highest BCUT2D eigenvalue weighted by atomic mass is 15.4. The minimum Gasteiger partial charge on any atom is -0.382 e. The summed E-state index contributed by atoms with van der Waals surface area (Å²) in [5, 5.41) is 0. The fourth-order valence-electron chi connectivity index (χ4n) is 1.95. The second-order valence-corrected chi connectivity index (χ2v) is 4.15. The Bertz CT molecular complexity index is 629. The van der Waals surface area contributed by atoms with Crippen LogP contribution in [-0.4, -0.2) is 14.6 Å². The molecule has 1 aromatic carbocycles. The van der Waals surface area contributed by atoms with Crippen molar-refractivity contribution in [2.45, 2.75) is 0 Å². The molecule has 0 bridgehead atoms. The zero-order chi connectivity index (χ0) is 13.2. The van der Waals surface area contributed by atoms with Gasteiger partial charge in [-0.05, 0) is 12.1 Å². The van der Waals surface area contributed by atoms with E-state index in [2.05, 4.69) is 9.97 Å². The average molecular weight is 251 g/mol. The molecule has 0 fully saturated rings. The molecule has 3 aromatic rings. The van der Waals surface area contributed by atoms with Crippen molar-refractivity contribution in [3.63, 3.8) is 0 Å². The fourth-order valence-corrected chi connectivity index (χ4v) is 1.95. The molecule has 94 valence electrons. The summed E-state index contributed by atoms with van der Waals surface area (Å²) < 4.78 is 1.40. The number of pyridine rings is 1. The van der Waals surface area contributed by atoms with Crippen LogP contribution in [0.4, 0.5) is 5.82 Å². The van der Waals surface area contributed by atoms with Crippen LogP contribution in [0.15, 0.2) is 54.9 Å². The Balaban J connectivity index is 2.16. The lowest BCUT2D eigenvalue weighted by atomic mass is 10.2. The Morgan fingerprint density at radius 3 is 2.37 bits per heavy atom. The van der Waals surface area contributed by atoms with Crippen molar-refractivity contribution in [2.75, 3.05) is 11.6 Å². The lowest BCUT2D eigenvalue weighted by Gasteiger charge is -2.02. The van der Waals surface area contributed by atoms with Crippen LogP contribution < -0.4 is 11.6 Å². The molecule has 3 rings (SSSR count). The summed E-state index contributed by atoms with van der Waals surface area (Å²) in [7, 11) is 0. The quantitative estimate of drug-likeness (QED) is 0.681. The van der Waals surface area contributed by atoms with E-state index >= 15 is 0 Å². The Hall–Kier alpha value is -2.82. The van der Waals surface area contributed by atoms with Crippen molar-refractivity contribution in [3.05, 3.63) is 54.9 Å². The molecule has 19 heavy (non-hydrogen) atoms. The third-order valence-electron chi connectivity index (χ3n) is 2.92. The standard InChI is InChI=1S/C14H13N5/c15-13-12(11-7-4-8-17-9-11)18-14(19(13)16)10-5-2-1-3-6-10/h1-9H,15-16H2. The molecule has 0 unspecified atom stereocenters. The largest absolute Gasteiger partial charge is 0.382 e. The van der Waals surface area contributed by atoms with Gasteiger partial charge < -0.3 is 11.6 Å². The predicted octanol–water partition coefficient (Wildman–Crippen LogP) is 1.91. The highest BCUT2D eigenvalue weighted by molar-refractivity contribution is 5.75. The van der Waals surface area contributed by atoms with Gasteiger partial charge in [-0.2, -0.15) is 0 Å². The van der Waals surface area contributed by atoms with Gasteiger partial charge in [0.15, 0.2) is 11.6 Å². The number of anilines is 1. The van der Waals surface area contributed by atoms with Crippen LogP contribution in [0.25, 0.3) is 22.6 Å². The van der Waals surface area contributed by atoms with Crippen molar-refractivity contribution >= 4 is 5.82 Å². The molecule has 0 atom stereocenters. The molecule has 0 aliphatic rings. The zero-order valence-corrected chi connectivity index (χ0v) is 10.2. The Labute approximate surface area is 110 Å². The van der Waals surface area contributed by atoms with Gasteiger partial charge in [-0.1, -0.05) is 30.3 Å². The Kier molecular flexibility index (Phi) is 2.64. The second kappa shape index (κ2) is 4.45. The van der Waals surface area contributed by atoms with Gasteiger partial charge in [-0.25, -0.2) is 9.66 Å². The number of imidazole rings is 1. The van der Waals surface area contributed by atoms with Crippen LogP contribution in [0.5, 0.6) is 0 Å². The first-order valence-electron chi connectivity index (χ1n) is 5.86. The molecule has 5 heteroatoms. The summed E-state index contributed by atoms with van der Waals surface area (Å²) in [5.41, 5.74) is 8.44. The SMILES string of the molecule is Nc1c(-c2cccnc2)nc(-c2ccccc2)n1N. The summed E-state index contributed by atoms with van der Waals surface area (Å²) >= 11 is 0. The molecular formula is C14H13N5. The first kappa shape index (κ1) is 11.3. The first-order chi connectivity index (χ1) is 9.27. The minimum atomic E-state index is 0.423. The Morgan fingerprint density at radius 1 is 0.947 bits per heavy atom. The van der Waals surface area contributed by atoms with E-state index in [0.717, 1.165) is 11.1 Å². The fraction of sp³-hybridized carbons (Fsp3) is 0. The van der Waals surface area contributed by atoms with Crippen molar-refractivity contribution < 1.29 is 0 Å². The van der Waals surface area contributed by atoms with Gasteiger partial charge in [0.05, 0.1) is 0 Å². The van der Waals surface area contributed by atoms with Crippen molar-refractivity contribution in [1.29, 1.82) is 0 Å². The minimum absolute atomic E-state index is 0.423. The molecule has 0 spiro atoms. The molecule has 2 heterocycles. The van der Waals surface area contributed by atoms with E-state index in [1.165, 1.54) is 4.68 Å². The van der Waals surface area contributed by atoms with E-state index in [1.54, 1.807) is 12.4 Å². The van der Waals surface area contributed by atoms with Crippen LogP contribution in [0, 0.1) is 0 Å². The van der Waals surface area contributed by atoms with Gasteiger partial charge in [0.25, 0.3) is 0 Å². The van der Waals surface area contributed by atoms with Crippen molar-refractivity contribution in [2.24, 2.45) is 0 Å². The van der Waals surface area contributed by atoms with E-state index in [4.69, 9.17) is 11.6 Å². The smallest absolute Gasteiger partial charge is 0.160 e. The third kappa shape index (κ3) is 1.91. The molecule has 4 N–H and O–H groups in total. The number of nitrogens with two attached hydrogens (primary N) is 2. The molecule has 0 aliphatic carbocycles. The first-order valence-corrected chi connectivity index (χ1v) is 5.86. The van der Waals surface area contributed by atoms with Crippen molar-refractivity contribution in [3.8, 4) is 22.6 Å². The monoisotopic (exact) mass is 251 g/mol. The third-order valence-corrected chi connectivity index (χ3v) is 2.92. The zero-order valence-electron chi connectivity index (χ0n) is 10.2. The number of hydrogen-bond acceptors (Lipinski definition) is 4. The molecule has 2 aromatic heterocycles. The van der Waals surface area contributed by atoms with Gasteiger partial charge in [0.2, 0.25) is 0 Å². The number of nitrogen functional groups attached to an aromatic ring is 2. The van der Waals surface area contributed by atoms with Crippen molar-refractivity contribution in [1.82, 2.24) is 14.6 Å². The van der Waals surface area contributed by atoms with Crippen LogP contribution >= 0.6 is 0 Å². The maximum atomic E-state index is 6.02. The number of rotatable bonds is 2. The summed E-state index contributed by atoms with van der Waals surface area (Å²) in [5.74, 6) is 7.04. The van der Waals surface area contributed by atoms with Crippen LogP contribution in [0.2, 0.25) is 0 Å². The van der Waals surface area contributed by atoms with Gasteiger partial charge in [0, 0.05) is 23.5 Å². The highest BCUT2D eigenvalue weighted by Gasteiger charge is 2.15. The van der Waals surface area contributed by atoms with Gasteiger partial charge in [0.1, 0.15) is 5.69 Å². The number of aromatic nitrogens is 3. The van der Waals surface area contributed by atoms with Crippen LogP contribution in [0.3, 0.4) is 0 Å². The van der Waals surface area contributed by atoms with Crippen LogP contribution in [0.1, 0.15) is 0 Å². The Morgan fingerprint density at radius 2 is 1.68 bits per heavy atom. The summed E-state index contributed by atoms with van der Waals surface area (Å²) in [6.45, 7) is 0. The lowest BCUT2D eigenvalue weighted by Crippen LogP contribution is -2.13. The lowest BCUT2D eigenvalue weighted by molar-refractivity contribution is 1.02. The molecule has 0 saturated carbocycles. The number of nitrogens with zero attached hydrogens (tertiary/aromatic N) is 3. The summed E-state index contributed by atoms with van der Waals surface area (Å²) in [6, 6.07) is 13.4. The van der Waals surface area contributed by atoms with Gasteiger partial charge in [-0.3, -0.25) is 4.98 Å². The predicted molar refractivity (Wildman–Crippen MR) is 75.5 cm³/mol. The van der Waals surface area contributed by atoms with E-state index < -0.39 is 0 Å². The van der Waals surface area contributed by atoms with E-state index in [0.29, 0.717) is 17.3 Å². The van der Waals surface area contributed by atoms with Gasteiger partial charge >= 0.3 is 0 Å². The van der Waals surface area contributed by atoms with Gasteiger partial charge in [-0.15, -0.1) is 0 Å². The normalized spacial score (nSPS) is 10.5. The maximum Gasteiger partial charge on any atom is 0.160 e. The average Bonchev–Trinajstić information content (AvgIpc) is 2.77.